The minimum atomic E-state index is -4.46. The van der Waals surface area contributed by atoms with Crippen molar-refractivity contribution < 1.29 is 27.5 Å². The number of nitriles is 1. The molecular formula is C22H22F3N3O3. The van der Waals surface area contributed by atoms with Crippen LogP contribution in [0, 0.1) is 11.3 Å². The van der Waals surface area contributed by atoms with E-state index in [-0.39, 0.29) is 56.5 Å². The van der Waals surface area contributed by atoms with Crippen molar-refractivity contribution in [1.82, 2.24) is 5.32 Å². The second-order valence-corrected chi connectivity index (χ2v) is 6.51. The Bertz CT molecular complexity index is 911. The topological polar surface area (TPSA) is 82.4 Å². The van der Waals surface area contributed by atoms with Gasteiger partial charge in [0.1, 0.15) is 12.4 Å². The fourth-order valence-electron chi connectivity index (χ4n) is 2.73. The molecule has 1 N–H and O–H groups in total. The smallest absolute Gasteiger partial charge is 0.416 e. The maximum Gasteiger partial charge on any atom is 0.416 e. The van der Waals surface area contributed by atoms with E-state index in [9.17, 15) is 22.8 Å². The first kappa shape index (κ1) is 23.7. The summed E-state index contributed by atoms with van der Waals surface area (Å²) in [7, 11) is 0. The molecule has 0 unspecified atom stereocenters. The van der Waals surface area contributed by atoms with Crippen molar-refractivity contribution >= 4 is 17.5 Å². The van der Waals surface area contributed by atoms with Crippen LogP contribution in [0.3, 0.4) is 0 Å². The number of amides is 2. The highest BCUT2D eigenvalue weighted by molar-refractivity contribution is 5.95. The molecule has 0 aliphatic rings. The normalized spacial score (nSPS) is 10.8. The van der Waals surface area contributed by atoms with Gasteiger partial charge in [-0.3, -0.25) is 9.59 Å². The average molecular weight is 433 g/mol. The Morgan fingerprint density at radius 2 is 1.81 bits per heavy atom. The quantitative estimate of drug-likeness (QED) is 0.576. The molecule has 2 rings (SSSR count). The Morgan fingerprint density at radius 3 is 2.48 bits per heavy atom. The lowest BCUT2D eigenvalue weighted by molar-refractivity contribution is -0.137. The van der Waals surface area contributed by atoms with E-state index in [1.807, 2.05) is 12.1 Å². The molecule has 0 saturated heterocycles. The highest BCUT2D eigenvalue weighted by Gasteiger charge is 2.30. The van der Waals surface area contributed by atoms with Gasteiger partial charge in [0.15, 0.2) is 0 Å². The number of ether oxygens (including phenoxy) is 1. The molecule has 0 atom stereocenters. The summed E-state index contributed by atoms with van der Waals surface area (Å²) >= 11 is 0. The number of alkyl halides is 3. The predicted octanol–water partition coefficient (Wildman–Crippen LogP) is 3.93. The zero-order chi connectivity index (χ0) is 22.7. The van der Waals surface area contributed by atoms with Crippen LogP contribution in [-0.2, 0) is 15.8 Å². The molecule has 0 heterocycles. The molecule has 0 aliphatic carbocycles. The third kappa shape index (κ3) is 8.01. The van der Waals surface area contributed by atoms with Crippen LogP contribution in [0.1, 0.15) is 24.8 Å². The summed E-state index contributed by atoms with van der Waals surface area (Å²) in [5.41, 5.74) is -0.162. The molecule has 0 bridgehead atoms. The van der Waals surface area contributed by atoms with Gasteiger partial charge in [0, 0.05) is 25.1 Å². The number of para-hydroxylation sites is 1. The van der Waals surface area contributed by atoms with E-state index in [0.29, 0.717) is 5.69 Å². The number of carbonyl (C=O) groups is 2. The molecule has 6 nitrogen and oxygen atoms in total. The van der Waals surface area contributed by atoms with Crippen LogP contribution < -0.4 is 15.0 Å². The Labute approximate surface area is 178 Å². The highest BCUT2D eigenvalue weighted by atomic mass is 19.4. The van der Waals surface area contributed by atoms with Crippen LogP contribution in [0.25, 0.3) is 0 Å². The monoisotopic (exact) mass is 433 g/mol. The number of hydrogen-bond donors (Lipinski definition) is 1. The lowest BCUT2D eigenvalue weighted by Gasteiger charge is -2.21. The van der Waals surface area contributed by atoms with Crippen molar-refractivity contribution in [2.75, 3.05) is 24.6 Å². The number of rotatable bonds is 10. The van der Waals surface area contributed by atoms with Gasteiger partial charge in [0.25, 0.3) is 0 Å². The summed E-state index contributed by atoms with van der Waals surface area (Å²) < 4.78 is 43.3. The van der Waals surface area contributed by atoms with E-state index < -0.39 is 11.7 Å². The largest absolute Gasteiger partial charge is 0.492 e. The maximum atomic E-state index is 12.7. The first-order chi connectivity index (χ1) is 14.8. The minimum Gasteiger partial charge on any atom is -0.492 e. The maximum absolute atomic E-state index is 12.7. The molecular weight excluding hydrogens is 411 g/mol. The highest BCUT2D eigenvalue weighted by Crippen LogP contribution is 2.31. The van der Waals surface area contributed by atoms with Crippen molar-refractivity contribution in [3.8, 4) is 11.8 Å². The predicted molar refractivity (Wildman–Crippen MR) is 108 cm³/mol. The summed E-state index contributed by atoms with van der Waals surface area (Å²) in [6.07, 6.45) is -4.39. The summed E-state index contributed by atoms with van der Waals surface area (Å²) in [5.74, 6) is -0.610. The van der Waals surface area contributed by atoms with Crippen LogP contribution in [0.5, 0.6) is 5.75 Å². The number of anilines is 1. The molecule has 0 saturated carbocycles. The summed E-state index contributed by atoms with van der Waals surface area (Å²) in [6, 6.07) is 15.3. The summed E-state index contributed by atoms with van der Waals surface area (Å²) in [5, 5.41) is 11.4. The second-order valence-electron chi connectivity index (χ2n) is 6.51. The van der Waals surface area contributed by atoms with Gasteiger partial charge in [-0.25, -0.2) is 0 Å². The average Bonchev–Trinajstić information content (AvgIpc) is 2.76. The standard InChI is InChI=1S/C22H22F3N3O3/c23-22(24,25)17-6-4-9-19(16-17)31-15-13-27-20(29)10-11-21(30)28(14-5-12-26)18-7-2-1-3-8-18/h1-4,6-9,16H,5,10-11,13-15H2,(H,27,29). The van der Waals surface area contributed by atoms with Crippen molar-refractivity contribution in [3.05, 3.63) is 60.2 Å². The van der Waals surface area contributed by atoms with E-state index in [0.717, 1.165) is 12.1 Å². The van der Waals surface area contributed by atoms with Crippen molar-refractivity contribution in [3.63, 3.8) is 0 Å². The van der Waals surface area contributed by atoms with Gasteiger partial charge in [-0.15, -0.1) is 0 Å². The van der Waals surface area contributed by atoms with Crippen LogP contribution in [0.4, 0.5) is 18.9 Å². The molecule has 2 amide bonds. The van der Waals surface area contributed by atoms with Gasteiger partial charge in [0.05, 0.1) is 24.6 Å². The van der Waals surface area contributed by atoms with Crippen LogP contribution in [0.15, 0.2) is 54.6 Å². The third-order valence-electron chi connectivity index (χ3n) is 4.24. The van der Waals surface area contributed by atoms with E-state index in [2.05, 4.69) is 5.32 Å². The van der Waals surface area contributed by atoms with Gasteiger partial charge in [-0.2, -0.15) is 18.4 Å². The van der Waals surface area contributed by atoms with Gasteiger partial charge in [0.2, 0.25) is 11.8 Å². The Kier molecular flexibility index (Phi) is 8.88. The van der Waals surface area contributed by atoms with E-state index in [1.54, 1.807) is 24.3 Å². The zero-order valence-corrected chi connectivity index (χ0v) is 16.7. The van der Waals surface area contributed by atoms with E-state index >= 15 is 0 Å². The molecule has 0 radical (unpaired) electrons. The Morgan fingerprint density at radius 1 is 1.06 bits per heavy atom. The SMILES string of the molecule is N#CCCN(C(=O)CCC(=O)NCCOc1cccc(C(F)(F)F)c1)c1ccccc1. The van der Waals surface area contributed by atoms with Gasteiger partial charge < -0.3 is 15.0 Å². The van der Waals surface area contributed by atoms with Crippen molar-refractivity contribution in [1.29, 1.82) is 5.26 Å². The molecule has 0 spiro atoms. The molecule has 0 aliphatic heterocycles. The lowest BCUT2D eigenvalue weighted by Crippen LogP contribution is -2.34. The first-order valence-corrected chi connectivity index (χ1v) is 9.60. The Balaban J connectivity index is 1.76. The van der Waals surface area contributed by atoms with Crippen LogP contribution >= 0.6 is 0 Å². The summed E-state index contributed by atoms with van der Waals surface area (Å²) in [4.78, 5) is 25.9. The second kappa shape index (κ2) is 11.6. The first-order valence-electron chi connectivity index (χ1n) is 9.60. The summed E-state index contributed by atoms with van der Waals surface area (Å²) in [6.45, 7) is 0.297. The third-order valence-corrected chi connectivity index (χ3v) is 4.24. The van der Waals surface area contributed by atoms with Crippen molar-refractivity contribution in [2.45, 2.75) is 25.4 Å². The van der Waals surface area contributed by atoms with Crippen molar-refractivity contribution in [2.24, 2.45) is 0 Å². The molecule has 164 valence electrons. The molecule has 2 aromatic carbocycles. The van der Waals surface area contributed by atoms with Crippen LogP contribution in [-0.4, -0.2) is 31.5 Å². The fraction of sp³-hybridized carbons (Fsp3) is 0.318. The molecule has 31 heavy (non-hydrogen) atoms. The lowest BCUT2D eigenvalue weighted by atomic mass is 10.2. The fourth-order valence-corrected chi connectivity index (χ4v) is 2.73. The minimum absolute atomic E-state index is 0.0146. The number of benzene rings is 2. The zero-order valence-electron chi connectivity index (χ0n) is 16.7. The van der Waals surface area contributed by atoms with E-state index in [1.165, 1.54) is 17.0 Å². The molecule has 9 heteroatoms. The number of hydrogen-bond acceptors (Lipinski definition) is 4. The van der Waals surface area contributed by atoms with Gasteiger partial charge in [-0.05, 0) is 30.3 Å². The number of nitrogens with one attached hydrogen (secondary N) is 1. The van der Waals surface area contributed by atoms with Gasteiger partial charge in [-0.1, -0.05) is 24.3 Å². The number of halogens is 3. The van der Waals surface area contributed by atoms with E-state index in [4.69, 9.17) is 10.00 Å². The van der Waals surface area contributed by atoms with Crippen LogP contribution in [0.2, 0.25) is 0 Å². The molecule has 0 aromatic heterocycles. The number of carbonyl (C=O) groups excluding carboxylic acids is 2. The Hall–Kier alpha value is -3.54. The molecule has 0 fully saturated rings. The molecule has 2 aromatic rings. The number of nitrogens with zero attached hydrogens (tertiary/aromatic N) is 2. The van der Waals surface area contributed by atoms with Gasteiger partial charge >= 0.3 is 6.18 Å².